The average molecular weight is 589 g/mol. The van der Waals surface area contributed by atoms with E-state index in [0.29, 0.717) is 37.8 Å². The van der Waals surface area contributed by atoms with Crippen LogP contribution in [-0.2, 0) is 5.41 Å². The molecule has 0 aromatic heterocycles. The van der Waals surface area contributed by atoms with Crippen molar-refractivity contribution in [1.82, 2.24) is 0 Å². The third-order valence-corrected chi connectivity index (χ3v) is 8.03. The summed E-state index contributed by atoms with van der Waals surface area (Å²) in [7, 11) is 0. The van der Waals surface area contributed by atoms with E-state index in [1.165, 1.54) is 0 Å². The second-order valence-corrected chi connectivity index (χ2v) is 10.7. The summed E-state index contributed by atoms with van der Waals surface area (Å²) in [5.74, 6) is 0. The predicted molar refractivity (Wildman–Crippen MR) is 140 cm³/mol. The largest absolute Gasteiger partial charge is 0.411 e. The van der Waals surface area contributed by atoms with Crippen LogP contribution in [-0.4, -0.2) is 34.3 Å². The molecule has 2 aliphatic rings. The summed E-state index contributed by atoms with van der Waals surface area (Å²) < 4.78 is 88.6. The lowest BCUT2D eigenvalue weighted by atomic mass is 9.72. The van der Waals surface area contributed by atoms with E-state index in [1.807, 2.05) is 0 Å². The molecule has 0 unspecified atom stereocenters. The second-order valence-electron chi connectivity index (χ2n) is 10.7. The molecule has 4 rings (SSSR count). The van der Waals surface area contributed by atoms with Gasteiger partial charge in [0.2, 0.25) is 5.41 Å². The number of hydrogen-bond acceptors (Lipinski definition) is 6. The van der Waals surface area contributed by atoms with Gasteiger partial charge in [-0.15, -0.1) is 0 Å². The molecule has 2 saturated carbocycles. The summed E-state index contributed by atoms with van der Waals surface area (Å²) in [5, 5.41) is 29.5. The Balaban J connectivity index is 1.87. The molecule has 2 aliphatic carbocycles. The van der Waals surface area contributed by atoms with Crippen LogP contribution in [0.3, 0.4) is 0 Å². The summed E-state index contributed by atoms with van der Waals surface area (Å²) >= 11 is 0. The Morgan fingerprint density at radius 1 is 0.610 bits per heavy atom. The summed E-state index contributed by atoms with van der Waals surface area (Å²) in [6.45, 7) is 0. The molecule has 8 nitrogen and oxygen atoms in total. The maximum absolute atomic E-state index is 14.8. The van der Waals surface area contributed by atoms with E-state index in [-0.39, 0.29) is 35.6 Å². The molecule has 0 amide bonds. The lowest BCUT2D eigenvalue weighted by Gasteiger charge is -2.38. The van der Waals surface area contributed by atoms with E-state index in [4.69, 9.17) is 0 Å². The van der Waals surface area contributed by atoms with Crippen molar-refractivity contribution in [2.45, 2.75) is 94.1 Å². The number of nitrogens with one attached hydrogen (secondary N) is 2. The monoisotopic (exact) mass is 588 g/mol. The number of nitro benzene ring substituents is 2. The van der Waals surface area contributed by atoms with Gasteiger partial charge in [-0.1, -0.05) is 50.7 Å². The van der Waals surface area contributed by atoms with Crippen molar-refractivity contribution in [3.8, 4) is 0 Å². The molecule has 0 heterocycles. The van der Waals surface area contributed by atoms with Crippen LogP contribution in [0, 0.1) is 20.2 Å². The molecule has 41 heavy (non-hydrogen) atoms. The Hall–Kier alpha value is -3.58. The molecule has 0 radical (unpaired) electrons. The predicted octanol–water partition coefficient (Wildman–Crippen LogP) is 8.40. The van der Waals surface area contributed by atoms with Gasteiger partial charge in [0.25, 0.3) is 11.4 Å². The van der Waals surface area contributed by atoms with Gasteiger partial charge in [-0.2, -0.15) is 26.3 Å². The van der Waals surface area contributed by atoms with Crippen LogP contribution in [0.15, 0.2) is 36.4 Å². The van der Waals surface area contributed by atoms with Gasteiger partial charge in [-0.3, -0.25) is 20.2 Å². The molecule has 0 atom stereocenters. The van der Waals surface area contributed by atoms with Gasteiger partial charge in [0.1, 0.15) is 11.4 Å². The van der Waals surface area contributed by atoms with E-state index in [9.17, 15) is 46.6 Å². The maximum atomic E-state index is 14.8. The molecular formula is C27H30F6N4O4. The summed E-state index contributed by atoms with van der Waals surface area (Å²) in [4.78, 5) is 21.7. The summed E-state index contributed by atoms with van der Waals surface area (Å²) in [5.41, 5.74) is -9.97. The molecule has 2 N–H and O–H groups in total. The van der Waals surface area contributed by atoms with Gasteiger partial charge < -0.3 is 10.6 Å². The fourth-order valence-electron chi connectivity index (χ4n) is 5.99. The molecule has 0 aliphatic heterocycles. The Kier molecular flexibility index (Phi) is 8.69. The maximum Gasteiger partial charge on any atom is 0.411 e. The number of anilines is 2. The van der Waals surface area contributed by atoms with Gasteiger partial charge in [0, 0.05) is 24.2 Å². The number of nitrogens with zero attached hydrogens (tertiary/aromatic N) is 2. The fraction of sp³-hybridized carbons (Fsp3) is 0.556. The zero-order chi connectivity index (χ0) is 30.0. The lowest BCUT2D eigenvalue weighted by molar-refractivity contribution is -0.384. The first-order valence-corrected chi connectivity index (χ1v) is 13.5. The number of rotatable bonds is 8. The van der Waals surface area contributed by atoms with Crippen LogP contribution in [0.2, 0.25) is 0 Å². The van der Waals surface area contributed by atoms with E-state index in [0.717, 1.165) is 50.7 Å². The number of halogens is 6. The van der Waals surface area contributed by atoms with E-state index >= 15 is 0 Å². The summed E-state index contributed by atoms with van der Waals surface area (Å²) in [6.07, 6.45) is -4.28. The van der Waals surface area contributed by atoms with E-state index < -0.39 is 50.1 Å². The highest BCUT2D eigenvalue weighted by Crippen LogP contribution is 2.57. The molecule has 2 aromatic rings. The first kappa shape index (κ1) is 30.4. The number of alkyl halides is 6. The minimum Gasteiger partial charge on any atom is -0.377 e. The van der Waals surface area contributed by atoms with Crippen molar-refractivity contribution in [3.05, 3.63) is 67.8 Å². The number of nitro groups is 2. The van der Waals surface area contributed by atoms with Crippen molar-refractivity contribution in [3.63, 3.8) is 0 Å². The lowest BCUT2D eigenvalue weighted by Crippen LogP contribution is -2.54. The highest BCUT2D eigenvalue weighted by molar-refractivity contribution is 5.68. The molecule has 0 spiro atoms. The molecule has 0 bridgehead atoms. The average Bonchev–Trinajstić information content (AvgIpc) is 2.90. The normalized spacial score (nSPS) is 17.7. The quantitative estimate of drug-likeness (QED) is 0.182. The van der Waals surface area contributed by atoms with Crippen molar-refractivity contribution in [1.29, 1.82) is 0 Å². The van der Waals surface area contributed by atoms with Crippen LogP contribution >= 0.6 is 0 Å². The fourth-order valence-corrected chi connectivity index (χ4v) is 5.99. The molecule has 0 saturated heterocycles. The molecular weight excluding hydrogens is 558 g/mol. The molecule has 2 fully saturated rings. The zero-order valence-electron chi connectivity index (χ0n) is 22.0. The van der Waals surface area contributed by atoms with Crippen molar-refractivity contribution >= 4 is 22.7 Å². The van der Waals surface area contributed by atoms with Gasteiger partial charge in [0.05, 0.1) is 9.85 Å². The highest BCUT2D eigenvalue weighted by Gasteiger charge is 2.73. The molecule has 224 valence electrons. The number of benzene rings is 2. The first-order valence-electron chi connectivity index (χ1n) is 13.5. The highest BCUT2D eigenvalue weighted by atomic mass is 19.4. The van der Waals surface area contributed by atoms with Gasteiger partial charge in [-0.25, -0.2) is 0 Å². The SMILES string of the molecule is O=[N+]([O-])c1cc(C(c2ccc(NC3CCCCC3)c([N+](=O)[O-])c2)(C(F)(F)F)C(F)(F)F)ccc1NC1CCCCC1. The van der Waals surface area contributed by atoms with E-state index in [2.05, 4.69) is 10.6 Å². The minimum atomic E-state index is -6.07. The first-order chi connectivity index (χ1) is 19.3. The van der Waals surface area contributed by atoms with Crippen LogP contribution in [0.4, 0.5) is 49.1 Å². The Morgan fingerprint density at radius 2 is 0.951 bits per heavy atom. The Bertz CT molecular complexity index is 1170. The van der Waals surface area contributed by atoms with Crippen LogP contribution in [0.1, 0.15) is 75.3 Å². The van der Waals surface area contributed by atoms with Crippen molar-refractivity contribution in [2.24, 2.45) is 0 Å². The van der Waals surface area contributed by atoms with Crippen LogP contribution < -0.4 is 10.6 Å². The van der Waals surface area contributed by atoms with Gasteiger partial charge in [-0.05, 0) is 48.9 Å². The number of hydrogen-bond donors (Lipinski definition) is 2. The third-order valence-electron chi connectivity index (χ3n) is 8.03. The second kappa shape index (κ2) is 11.7. The standard InChI is InChI=1S/C27H30F6N4O4/c28-26(29,30)25(27(31,32)33,17-11-13-21(23(15-17)36(38)39)34-19-7-3-1-4-8-19)18-12-14-22(24(16-18)37(40)41)35-20-9-5-2-6-10-20/h11-16,19-20,34-35H,1-10H2. The Labute approximate surface area is 231 Å². The van der Waals surface area contributed by atoms with Crippen LogP contribution in [0.5, 0.6) is 0 Å². The smallest absolute Gasteiger partial charge is 0.377 e. The van der Waals surface area contributed by atoms with Gasteiger partial charge in [0.15, 0.2) is 0 Å². The van der Waals surface area contributed by atoms with Crippen molar-refractivity contribution in [2.75, 3.05) is 10.6 Å². The minimum absolute atomic E-state index is 0.193. The van der Waals surface area contributed by atoms with Gasteiger partial charge >= 0.3 is 12.4 Å². The molecule has 2 aromatic carbocycles. The zero-order valence-corrected chi connectivity index (χ0v) is 22.0. The third kappa shape index (κ3) is 6.05. The molecule has 14 heteroatoms. The van der Waals surface area contributed by atoms with Crippen molar-refractivity contribution < 1.29 is 36.2 Å². The topological polar surface area (TPSA) is 110 Å². The Morgan fingerprint density at radius 3 is 1.24 bits per heavy atom. The summed E-state index contributed by atoms with van der Waals surface area (Å²) in [6, 6.07) is 2.92. The van der Waals surface area contributed by atoms with Crippen LogP contribution in [0.25, 0.3) is 0 Å². The van der Waals surface area contributed by atoms with E-state index in [1.54, 1.807) is 0 Å².